The molecule has 132 valence electrons. The summed E-state index contributed by atoms with van der Waals surface area (Å²) in [6.45, 7) is 2.57. The minimum absolute atomic E-state index is 0.239. The van der Waals surface area contributed by atoms with Gasteiger partial charge >= 0.3 is 6.01 Å². The predicted octanol–water partition coefficient (Wildman–Crippen LogP) is 2.00. The van der Waals surface area contributed by atoms with E-state index in [0.717, 1.165) is 43.6 Å². The smallest absolute Gasteiger partial charge is 0.316 e. The Bertz CT molecular complexity index is 693. The predicted molar refractivity (Wildman–Crippen MR) is 92.8 cm³/mol. The van der Waals surface area contributed by atoms with Gasteiger partial charge in [-0.3, -0.25) is 9.88 Å². The van der Waals surface area contributed by atoms with Gasteiger partial charge in [-0.25, -0.2) is 9.97 Å². The van der Waals surface area contributed by atoms with E-state index in [4.69, 9.17) is 4.74 Å². The van der Waals surface area contributed by atoms with Gasteiger partial charge in [-0.2, -0.15) is 0 Å². The van der Waals surface area contributed by atoms with E-state index in [1.54, 1.807) is 13.3 Å². The molecule has 25 heavy (non-hydrogen) atoms. The van der Waals surface area contributed by atoms with Crippen LogP contribution in [0.1, 0.15) is 30.4 Å². The number of likely N-dealkylation sites (tertiary alicyclic amines) is 1. The lowest BCUT2D eigenvalue weighted by Gasteiger charge is -2.53. The van der Waals surface area contributed by atoms with Gasteiger partial charge in [0.2, 0.25) is 0 Å². The van der Waals surface area contributed by atoms with Crippen molar-refractivity contribution < 1.29 is 9.84 Å². The Morgan fingerprint density at radius 1 is 1.20 bits per heavy atom. The average molecular weight is 340 g/mol. The molecule has 2 bridgehead atoms. The molecule has 6 heteroatoms. The van der Waals surface area contributed by atoms with Crippen LogP contribution in [0.25, 0.3) is 0 Å². The third-order valence-electron chi connectivity index (χ3n) is 5.70. The Hall–Kier alpha value is -2.05. The molecule has 2 aromatic rings. The maximum atomic E-state index is 11.6. The monoisotopic (exact) mass is 340 g/mol. The van der Waals surface area contributed by atoms with E-state index < -0.39 is 5.60 Å². The van der Waals surface area contributed by atoms with Gasteiger partial charge < -0.3 is 9.84 Å². The topological polar surface area (TPSA) is 71.4 Å². The van der Waals surface area contributed by atoms with Crippen molar-refractivity contribution in [1.82, 2.24) is 19.9 Å². The standard InChI is InChI=1S/C19H24N4O2/c1-25-18-21-8-14(9-22-18)11-23-12-16-4-2-5-17(13-23)19(16,24)15-6-3-7-20-10-15/h3,6-10,16-17,24H,2,4-5,11-13H2,1H3/t16-,17+,19?. The third-order valence-corrected chi connectivity index (χ3v) is 5.70. The molecule has 0 amide bonds. The second kappa shape index (κ2) is 6.69. The zero-order chi connectivity index (χ0) is 17.3. The number of hydrogen-bond acceptors (Lipinski definition) is 6. The van der Waals surface area contributed by atoms with E-state index >= 15 is 0 Å². The molecule has 1 N–H and O–H groups in total. The minimum Gasteiger partial charge on any atom is -0.467 e. The van der Waals surface area contributed by atoms with Crippen LogP contribution in [-0.2, 0) is 12.1 Å². The molecule has 2 aliphatic rings. The Morgan fingerprint density at radius 3 is 2.52 bits per heavy atom. The van der Waals surface area contributed by atoms with E-state index in [9.17, 15) is 5.11 Å². The van der Waals surface area contributed by atoms with E-state index in [-0.39, 0.29) is 11.8 Å². The molecule has 1 aliphatic heterocycles. The highest BCUT2D eigenvalue weighted by molar-refractivity contribution is 5.24. The molecular weight excluding hydrogens is 316 g/mol. The molecule has 3 atom stereocenters. The fourth-order valence-corrected chi connectivity index (χ4v) is 4.53. The van der Waals surface area contributed by atoms with Crippen LogP contribution < -0.4 is 4.74 Å². The first kappa shape index (κ1) is 16.4. The molecule has 0 aromatic carbocycles. The molecule has 1 unspecified atom stereocenters. The summed E-state index contributed by atoms with van der Waals surface area (Å²) in [7, 11) is 1.57. The largest absolute Gasteiger partial charge is 0.467 e. The number of piperidine rings is 1. The quantitative estimate of drug-likeness (QED) is 0.918. The molecule has 2 aromatic heterocycles. The van der Waals surface area contributed by atoms with Crippen molar-refractivity contribution in [3.05, 3.63) is 48.0 Å². The van der Waals surface area contributed by atoms with Gasteiger partial charge in [-0.1, -0.05) is 12.5 Å². The van der Waals surface area contributed by atoms with Crippen molar-refractivity contribution in [3.63, 3.8) is 0 Å². The van der Waals surface area contributed by atoms with Gasteiger partial charge in [0.25, 0.3) is 0 Å². The molecule has 3 heterocycles. The second-order valence-corrected chi connectivity index (χ2v) is 7.16. The van der Waals surface area contributed by atoms with Crippen LogP contribution >= 0.6 is 0 Å². The Labute approximate surface area is 147 Å². The molecule has 2 fully saturated rings. The highest BCUT2D eigenvalue weighted by Gasteiger charge is 2.51. The first-order valence-corrected chi connectivity index (χ1v) is 8.90. The van der Waals surface area contributed by atoms with Gasteiger partial charge in [0, 0.05) is 67.4 Å². The second-order valence-electron chi connectivity index (χ2n) is 7.16. The first-order valence-electron chi connectivity index (χ1n) is 8.90. The van der Waals surface area contributed by atoms with Crippen molar-refractivity contribution in [2.45, 2.75) is 31.4 Å². The third kappa shape index (κ3) is 3.00. The molecule has 1 saturated heterocycles. The summed E-state index contributed by atoms with van der Waals surface area (Å²) < 4.78 is 5.02. The molecule has 6 nitrogen and oxygen atoms in total. The van der Waals surface area contributed by atoms with Crippen molar-refractivity contribution in [2.24, 2.45) is 11.8 Å². The molecule has 1 saturated carbocycles. The number of rotatable bonds is 4. The van der Waals surface area contributed by atoms with Gasteiger partial charge in [-0.05, 0) is 18.9 Å². The number of nitrogens with zero attached hydrogens (tertiary/aromatic N) is 4. The summed E-state index contributed by atoms with van der Waals surface area (Å²) in [5, 5.41) is 11.6. The number of hydrogen-bond donors (Lipinski definition) is 1. The van der Waals surface area contributed by atoms with Crippen LogP contribution in [-0.4, -0.2) is 45.2 Å². The SMILES string of the molecule is COc1ncc(CN2C[C@H]3CCC[C@@H](C2)C3(O)c2cccnc2)cn1. The van der Waals surface area contributed by atoms with Crippen molar-refractivity contribution in [1.29, 1.82) is 0 Å². The molecule has 1 aliphatic carbocycles. The van der Waals surface area contributed by atoms with Gasteiger partial charge in [0.1, 0.15) is 0 Å². The zero-order valence-electron chi connectivity index (χ0n) is 14.5. The van der Waals surface area contributed by atoms with Gasteiger partial charge in [0.15, 0.2) is 0 Å². The number of aromatic nitrogens is 3. The van der Waals surface area contributed by atoms with Crippen LogP contribution in [0.5, 0.6) is 6.01 Å². The first-order chi connectivity index (χ1) is 12.2. The number of fused-ring (bicyclic) bond motifs is 2. The highest BCUT2D eigenvalue weighted by Crippen LogP contribution is 2.49. The lowest BCUT2D eigenvalue weighted by Crippen LogP contribution is -2.57. The summed E-state index contributed by atoms with van der Waals surface area (Å²) >= 11 is 0. The summed E-state index contributed by atoms with van der Waals surface area (Å²) in [5.41, 5.74) is 1.29. The van der Waals surface area contributed by atoms with Gasteiger partial charge in [-0.15, -0.1) is 0 Å². The lowest BCUT2D eigenvalue weighted by atomic mass is 9.63. The minimum atomic E-state index is -0.751. The number of methoxy groups -OCH3 is 1. The van der Waals surface area contributed by atoms with Crippen molar-refractivity contribution in [3.8, 4) is 6.01 Å². The Kier molecular flexibility index (Phi) is 4.39. The van der Waals surface area contributed by atoms with Crippen molar-refractivity contribution >= 4 is 0 Å². The number of aliphatic hydroxyl groups is 1. The summed E-state index contributed by atoms with van der Waals surface area (Å²) in [4.78, 5) is 15.0. The van der Waals surface area contributed by atoms with Crippen LogP contribution in [0.3, 0.4) is 0 Å². The Balaban J connectivity index is 1.53. The van der Waals surface area contributed by atoms with Crippen LogP contribution in [0.15, 0.2) is 36.9 Å². The number of pyridine rings is 1. The van der Waals surface area contributed by atoms with E-state index in [1.165, 1.54) is 6.42 Å². The normalized spacial score (nSPS) is 29.4. The van der Waals surface area contributed by atoms with Crippen molar-refractivity contribution in [2.75, 3.05) is 20.2 Å². The fourth-order valence-electron chi connectivity index (χ4n) is 4.53. The van der Waals surface area contributed by atoms with Crippen LogP contribution in [0.4, 0.5) is 0 Å². The maximum Gasteiger partial charge on any atom is 0.316 e. The van der Waals surface area contributed by atoms with Crippen LogP contribution in [0.2, 0.25) is 0 Å². The maximum absolute atomic E-state index is 11.6. The number of ether oxygens (including phenoxy) is 1. The van der Waals surface area contributed by atoms with Gasteiger partial charge in [0.05, 0.1) is 12.7 Å². The zero-order valence-corrected chi connectivity index (χ0v) is 14.5. The summed E-state index contributed by atoms with van der Waals surface area (Å²) in [6.07, 6.45) is 10.5. The lowest BCUT2D eigenvalue weighted by molar-refractivity contribution is -0.148. The van der Waals surface area contributed by atoms with E-state index in [2.05, 4.69) is 19.9 Å². The van der Waals surface area contributed by atoms with E-state index in [1.807, 2.05) is 30.7 Å². The fraction of sp³-hybridized carbons (Fsp3) is 0.526. The van der Waals surface area contributed by atoms with Crippen LogP contribution in [0, 0.1) is 11.8 Å². The molecule has 4 rings (SSSR count). The molecule has 0 spiro atoms. The average Bonchev–Trinajstić information content (AvgIpc) is 2.64. The summed E-state index contributed by atoms with van der Waals surface area (Å²) in [6, 6.07) is 4.33. The Morgan fingerprint density at radius 2 is 1.92 bits per heavy atom. The highest BCUT2D eigenvalue weighted by atomic mass is 16.5. The van der Waals surface area contributed by atoms with E-state index in [0.29, 0.717) is 6.01 Å². The molecular formula is C19H24N4O2. The summed E-state index contributed by atoms with van der Waals surface area (Å²) in [5.74, 6) is 0.478. The molecule has 0 radical (unpaired) electrons.